The van der Waals surface area contributed by atoms with Gasteiger partial charge in [0.25, 0.3) is 0 Å². The molecule has 0 spiro atoms. The van der Waals surface area contributed by atoms with Crippen LogP contribution in [0.15, 0.2) is 30.6 Å². The van der Waals surface area contributed by atoms with E-state index in [1.807, 2.05) is 25.2 Å². The van der Waals surface area contributed by atoms with E-state index in [0.29, 0.717) is 16.2 Å². The average Bonchev–Trinajstić information content (AvgIpc) is 3.11. The van der Waals surface area contributed by atoms with Crippen molar-refractivity contribution in [1.29, 1.82) is 0 Å². The zero-order valence-electron chi connectivity index (χ0n) is 19.3. The second kappa shape index (κ2) is 9.29. The smallest absolute Gasteiger partial charge is 0.372 e. The molecule has 1 fully saturated rings. The van der Waals surface area contributed by atoms with Gasteiger partial charge in [-0.05, 0) is 39.0 Å². The number of carbonyl (C=O) groups excluding carboxylic acids is 2. The minimum absolute atomic E-state index is 0.0235. The van der Waals surface area contributed by atoms with Crippen LogP contribution in [0, 0.1) is 0 Å². The van der Waals surface area contributed by atoms with Crippen LogP contribution in [0.2, 0.25) is 5.02 Å². The molecule has 12 heteroatoms. The first-order chi connectivity index (χ1) is 16.3. The number of aromatic nitrogens is 2. The lowest BCUT2D eigenvalue weighted by atomic mass is 10.0. The first-order valence-electron chi connectivity index (χ1n) is 11.0. The first kappa shape index (κ1) is 25.2. The maximum atomic E-state index is 13.4. The average molecular weight is 512 g/mol. The van der Waals surface area contributed by atoms with Crippen LogP contribution in [0.1, 0.15) is 20.8 Å². The van der Waals surface area contributed by atoms with Gasteiger partial charge in [0.2, 0.25) is 5.91 Å². The number of carbonyl (C=O) groups is 2. The van der Waals surface area contributed by atoms with Gasteiger partial charge in [-0.25, -0.2) is 0 Å². The van der Waals surface area contributed by atoms with E-state index < -0.39 is 35.7 Å². The summed E-state index contributed by atoms with van der Waals surface area (Å²) in [6.45, 7) is 5.44. The number of rotatable bonds is 5. The quantitative estimate of drug-likeness (QED) is 0.483. The lowest BCUT2D eigenvalue weighted by Crippen LogP contribution is -2.60. The number of morpholine rings is 1. The zero-order chi connectivity index (χ0) is 25.5. The number of nitrogens with zero attached hydrogens (tertiary/aromatic N) is 2. The van der Waals surface area contributed by atoms with Crippen molar-refractivity contribution in [3.8, 4) is 0 Å². The van der Waals surface area contributed by atoms with Crippen molar-refractivity contribution >= 4 is 50.9 Å². The van der Waals surface area contributed by atoms with E-state index >= 15 is 0 Å². The number of fused-ring (bicyclic) bond motifs is 3. The van der Waals surface area contributed by atoms with Crippen molar-refractivity contribution in [2.75, 3.05) is 25.0 Å². The van der Waals surface area contributed by atoms with E-state index in [-0.39, 0.29) is 19.7 Å². The molecule has 0 aliphatic carbocycles. The van der Waals surface area contributed by atoms with Crippen LogP contribution in [0.4, 0.5) is 18.9 Å². The number of ether oxygens (including phenoxy) is 1. The Hall–Kier alpha value is -2.89. The van der Waals surface area contributed by atoms with Crippen molar-refractivity contribution < 1.29 is 27.5 Å². The fourth-order valence-electron chi connectivity index (χ4n) is 4.32. The van der Waals surface area contributed by atoms with Gasteiger partial charge in [0, 0.05) is 41.1 Å². The van der Waals surface area contributed by atoms with Gasteiger partial charge in [-0.15, -0.1) is 0 Å². The number of halogens is 4. The molecule has 1 aliphatic rings. The largest absolute Gasteiger partial charge is 0.471 e. The highest BCUT2D eigenvalue weighted by molar-refractivity contribution is 6.33. The second-order valence-corrected chi connectivity index (χ2v) is 9.74. The number of hydrogen-bond acceptors (Lipinski definition) is 5. The van der Waals surface area contributed by atoms with Gasteiger partial charge < -0.3 is 20.4 Å². The van der Waals surface area contributed by atoms with Gasteiger partial charge in [0.05, 0.1) is 35.1 Å². The predicted octanol–water partition coefficient (Wildman–Crippen LogP) is 3.85. The number of aromatic amines is 1. The second-order valence-electron chi connectivity index (χ2n) is 9.30. The maximum Gasteiger partial charge on any atom is 0.471 e. The zero-order valence-corrected chi connectivity index (χ0v) is 20.0. The van der Waals surface area contributed by atoms with Crippen LogP contribution in [0.3, 0.4) is 0 Å². The molecule has 4 rings (SSSR count). The number of hydrogen-bond donors (Lipinski definition) is 3. The van der Waals surface area contributed by atoms with E-state index in [0.717, 1.165) is 16.3 Å². The number of pyridine rings is 1. The molecule has 2 atom stereocenters. The van der Waals surface area contributed by atoms with Crippen molar-refractivity contribution in [3.63, 3.8) is 0 Å². The lowest BCUT2D eigenvalue weighted by Gasteiger charge is -2.43. The molecule has 3 aromatic rings. The highest BCUT2D eigenvalue weighted by atomic mass is 35.5. The molecule has 0 saturated carbocycles. The van der Waals surface area contributed by atoms with Crippen molar-refractivity contribution in [1.82, 2.24) is 20.2 Å². The van der Waals surface area contributed by atoms with Crippen LogP contribution in [-0.2, 0) is 14.3 Å². The third-order valence-electron chi connectivity index (χ3n) is 5.83. The van der Waals surface area contributed by atoms with E-state index in [1.165, 1.54) is 6.92 Å². The standard InChI is InChI=1S/C23H25ClF3N5O3/c1-12(29-21(34)23(25,26)27)9-32-11-22(2,3)35-10-18(32)20(33)31-16-7-13(24)6-15-14-4-5-28-8-17(14)30-19(15)16/h4-8,12,18,30H,9-11H2,1-3H3,(H,29,34)(H,31,33)/t12-,18-/m0/s1. The first-order valence-corrected chi connectivity index (χ1v) is 11.3. The summed E-state index contributed by atoms with van der Waals surface area (Å²) in [5, 5.41) is 6.96. The summed E-state index contributed by atoms with van der Waals surface area (Å²) in [5.41, 5.74) is 1.27. The molecule has 188 valence electrons. The molecule has 1 saturated heterocycles. The summed E-state index contributed by atoms with van der Waals surface area (Å²) in [6, 6.07) is 3.59. The summed E-state index contributed by atoms with van der Waals surface area (Å²) < 4.78 is 43.8. The van der Waals surface area contributed by atoms with E-state index in [1.54, 1.807) is 29.4 Å². The van der Waals surface area contributed by atoms with Crippen molar-refractivity contribution in [3.05, 3.63) is 35.6 Å². The number of anilines is 1. The minimum Gasteiger partial charge on any atom is -0.372 e. The number of benzene rings is 1. The van der Waals surface area contributed by atoms with Gasteiger partial charge >= 0.3 is 12.1 Å². The van der Waals surface area contributed by atoms with Crippen LogP contribution in [0.25, 0.3) is 21.8 Å². The molecule has 0 bridgehead atoms. The van der Waals surface area contributed by atoms with Crippen LogP contribution < -0.4 is 10.6 Å². The predicted molar refractivity (Wildman–Crippen MR) is 126 cm³/mol. The summed E-state index contributed by atoms with van der Waals surface area (Å²) in [5.74, 6) is -2.43. The fraction of sp³-hybridized carbons (Fsp3) is 0.435. The number of nitrogens with one attached hydrogen (secondary N) is 3. The third-order valence-corrected chi connectivity index (χ3v) is 6.05. The Bertz CT molecular complexity index is 1280. The summed E-state index contributed by atoms with van der Waals surface area (Å²) >= 11 is 6.32. The summed E-state index contributed by atoms with van der Waals surface area (Å²) in [4.78, 5) is 33.8. The molecule has 0 radical (unpaired) electrons. The van der Waals surface area contributed by atoms with E-state index in [4.69, 9.17) is 16.3 Å². The number of H-pyrrole nitrogens is 1. The van der Waals surface area contributed by atoms with E-state index in [9.17, 15) is 22.8 Å². The highest BCUT2D eigenvalue weighted by Crippen LogP contribution is 2.33. The van der Waals surface area contributed by atoms with E-state index in [2.05, 4.69) is 15.3 Å². The van der Waals surface area contributed by atoms with Crippen molar-refractivity contribution in [2.24, 2.45) is 0 Å². The molecular weight excluding hydrogens is 487 g/mol. The molecule has 35 heavy (non-hydrogen) atoms. The number of alkyl halides is 3. The topological polar surface area (TPSA) is 99.3 Å². The van der Waals surface area contributed by atoms with Crippen LogP contribution >= 0.6 is 11.6 Å². The van der Waals surface area contributed by atoms with Crippen LogP contribution in [-0.4, -0.2) is 70.2 Å². The van der Waals surface area contributed by atoms with Gasteiger partial charge in [-0.2, -0.15) is 13.2 Å². The molecule has 3 N–H and O–H groups in total. The minimum atomic E-state index is -4.98. The van der Waals surface area contributed by atoms with Crippen molar-refractivity contribution in [2.45, 2.75) is 44.6 Å². The Morgan fingerprint density at radius 1 is 1.34 bits per heavy atom. The number of amides is 2. The maximum absolute atomic E-state index is 13.4. The Kier molecular flexibility index (Phi) is 6.69. The molecule has 8 nitrogen and oxygen atoms in total. The SMILES string of the molecule is C[C@@H](CN1CC(C)(C)OC[C@H]1C(=O)Nc1cc(Cl)cc2c1[nH]c1cnccc12)NC(=O)C(F)(F)F. The lowest BCUT2D eigenvalue weighted by molar-refractivity contribution is -0.174. The Morgan fingerprint density at radius 2 is 2.09 bits per heavy atom. The molecular formula is C23H25ClF3N5O3. The van der Waals surface area contributed by atoms with Gasteiger partial charge in [-0.1, -0.05) is 11.6 Å². The molecule has 0 unspecified atom stereocenters. The Balaban J connectivity index is 1.57. The van der Waals surface area contributed by atoms with Gasteiger partial charge in [0.1, 0.15) is 6.04 Å². The molecule has 2 amide bonds. The third kappa shape index (κ3) is 5.52. The summed E-state index contributed by atoms with van der Waals surface area (Å²) in [7, 11) is 0. The molecule has 2 aromatic heterocycles. The Labute approximate surface area is 204 Å². The summed E-state index contributed by atoms with van der Waals surface area (Å²) in [6.07, 6.45) is -1.65. The highest BCUT2D eigenvalue weighted by Gasteiger charge is 2.41. The monoisotopic (exact) mass is 511 g/mol. The Morgan fingerprint density at radius 3 is 2.80 bits per heavy atom. The molecule has 1 aliphatic heterocycles. The van der Waals surface area contributed by atoms with Gasteiger partial charge in [0.15, 0.2) is 0 Å². The molecule has 1 aromatic carbocycles. The molecule has 3 heterocycles. The van der Waals surface area contributed by atoms with Crippen LogP contribution in [0.5, 0.6) is 0 Å². The fourth-order valence-corrected chi connectivity index (χ4v) is 4.54. The van der Waals surface area contributed by atoms with Gasteiger partial charge in [-0.3, -0.25) is 19.5 Å². The normalized spacial score (nSPS) is 19.6.